The number of nitrogens with zero attached hydrogens (tertiary/aromatic N) is 1. The molecule has 27 heavy (non-hydrogen) atoms. The number of ether oxygens (including phenoxy) is 1. The molecule has 0 aliphatic heterocycles. The maximum atomic E-state index is 11.8. The first-order valence-corrected chi connectivity index (χ1v) is 8.71. The third-order valence-corrected chi connectivity index (χ3v) is 4.42. The van der Waals surface area contributed by atoms with Gasteiger partial charge in [-0.3, -0.25) is 4.98 Å². The number of hydrogen-bond donors (Lipinski definition) is 3. The number of hydrogen-bond acceptors (Lipinski definition) is 5. The Morgan fingerprint density at radius 1 is 1.11 bits per heavy atom. The average Bonchev–Trinajstić information content (AvgIpc) is 2.71. The first-order valence-electron chi connectivity index (χ1n) is 8.71. The van der Waals surface area contributed by atoms with Crippen molar-refractivity contribution in [1.82, 2.24) is 10.3 Å². The largest absolute Gasteiger partial charge is 0.445 e. The molecule has 0 spiro atoms. The summed E-state index contributed by atoms with van der Waals surface area (Å²) < 4.78 is 5.09. The summed E-state index contributed by atoms with van der Waals surface area (Å²) in [5.74, 6) is 0. The number of aromatic nitrogens is 1. The van der Waals surface area contributed by atoms with Crippen molar-refractivity contribution < 1.29 is 19.7 Å². The van der Waals surface area contributed by atoms with Gasteiger partial charge in [-0.25, -0.2) is 4.79 Å². The van der Waals surface area contributed by atoms with Crippen LogP contribution in [0.5, 0.6) is 0 Å². The van der Waals surface area contributed by atoms with E-state index in [0.29, 0.717) is 5.56 Å². The molecule has 2 atom stereocenters. The molecule has 6 heteroatoms. The number of rotatable bonds is 6. The highest BCUT2D eigenvalue weighted by molar-refractivity contribution is 5.82. The highest BCUT2D eigenvalue weighted by Gasteiger charge is 2.22. The third kappa shape index (κ3) is 4.61. The fourth-order valence-corrected chi connectivity index (χ4v) is 2.91. The van der Waals surface area contributed by atoms with Gasteiger partial charge in [-0.05, 0) is 29.7 Å². The highest BCUT2D eigenvalue weighted by atomic mass is 16.5. The zero-order chi connectivity index (χ0) is 19.2. The van der Waals surface area contributed by atoms with Gasteiger partial charge < -0.3 is 20.3 Å². The molecule has 2 aromatic carbocycles. The number of fused-ring (bicyclic) bond motifs is 1. The van der Waals surface area contributed by atoms with E-state index in [4.69, 9.17) is 4.74 Å². The first-order chi connectivity index (χ1) is 13.1. The highest BCUT2D eigenvalue weighted by Crippen LogP contribution is 2.26. The SMILES string of the molecule is Cc1c(C(O)C(O)CNC(=O)OCc2ccccc2)ccc2cccnc12. The standard InChI is InChI=1S/C21H22N2O4/c1-14-17(10-9-16-8-5-11-22-19(14)16)20(25)18(24)12-23-21(26)27-13-15-6-3-2-4-7-15/h2-11,18,20,24-25H,12-13H2,1H3,(H,23,26). The van der Waals surface area contributed by atoms with Crippen LogP contribution >= 0.6 is 0 Å². The van der Waals surface area contributed by atoms with Gasteiger partial charge in [0.2, 0.25) is 0 Å². The Bertz CT molecular complexity index is 914. The third-order valence-electron chi connectivity index (χ3n) is 4.42. The maximum absolute atomic E-state index is 11.8. The summed E-state index contributed by atoms with van der Waals surface area (Å²) >= 11 is 0. The molecule has 0 saturated carbocycles. The van der Waals surface area contributed by atoms with Gasteiger partial charge in [0.25, 0.3) is 0 Å². The number of amides is 1. The van der Waals surface area contributed by atoms with Crippen molar-refractivity contribution in [2.75, 3.05) is 6.54 Å². The molecular weight excluding hydrogens is 344 g/mol. The minimum absolute atomic E-state index is 0.130. The molecule has 0 aliphatic rings. The van der Waals surface area contributed by atoms with E-state index in [1.807, 2.05) is 55.5 Å². The number of pyridine rings is 1. The van der Waals surface area contributed by atoms with Crippen LogP contribution in [0.15, 0.2) is 60.8 Å². The molecule has 1 aromatic heterocycles. The van der Waals surface area contributed by atoms with Crippen LogP contribution in [0.1, 0.15) is 22.8 Å². The predicted molar refractivity (Wildman–Crippen MR) is 102 cm³/mol. The minimum Gasteiger partial charge on any atom is -0.445 e. The predicted octanol–water partition coefficient (Wildman–Crippen LogP) is 2.86. The molecule has 0 saturated heterocycles. The fourth-order valence-electron chi connectivity index (χ4n) is 2.91. The van der Waals surface area contributed by atoms with Crippen molar-refractivity contribution in [2.24, 2.45) is 0 Å². The smallest absolute Gasteiger partial charge is 0.407 e. The second kappa shape index (κ2) is 8.62. The van der Waals surface area contributed by atoms with Gasteiger partial charge in [-0.1, -0.05) is 48.5 Å². The Labute approximate surface area is 157 Å². The lowest BCUT2D eigenvalue weighted by Crippen LogP contribution is -2.36. The molecule has 2 unspecified atom stereocenters. The first kappa shape index (κ1) is 18.8. The van der Waals surface area contributed by atoms with Gasteiger partial charge in [0, 0.05) is 18.1 Å². The molecule has 1 heterocycles. The van der Waals surface area contributed by atoms with Crippen LogP contribution in [0.25, 0.3) is 10.9 Å². The molecule has 6 nitrogen and oxygen atoms in total. The van der Waals surface area contributed by atoms with Crippen LogP contribution in [0.4, 0.5) is 4.79 Å². The second-order valence-electron chi connectivity index (χ2n) is 6.31. The number of alkyl carbamates (subject to hydrolysis) is 1. The summed E-state index contributed by atoms with van der Waals surface area (Å²) in [5, 5.41) is 24.2. The van der Waals surface area contributed by atoms with E-state index in [-0.39, 0.29) is 13.2 Å². The van der Waals surface area contributed by atoms with Crippen LogP contribution in [0, 0.1) is 6.92 Å². The number of aliphatic hydroxyl groups excluding tert-OH is 2. The molecule has 0 aliphatic carbocycles. The number of aryl methyl sites for hydroxylation is 1. The fraction of sp³-hybridized carbons (Fsp3) is 0.238. The van der Waals surface area contributed by atoms with E-state index >= 15 is 0 Å². The molecule has 140 valence electrons. The zero-order valence-electron chi connectivity index (χ0n) is 15.0. The monoisotopic (exact) mass is 366 g/mol. The van der Waals surface area contributed by atoms with E-state index in [9.17, 15) is 15.0 Å². The van der Waals surface area contributed by atoms with E-state index in [1.54, 1.807) is 12.3 Å². The van der Waals surface area contributed by atoms with Gasteiger partial charge in [0.05, 0.1) is 5.52 Å². The van der Waals surface area contributed by atoms with Gasteiger partial charge in [-0.2, -0.15) is 0 Å². The number of aliphatic hydroxyl groups is 2. The van der Waals surface area contributed by atoms with E-state index in [0.717, 1.165) is 22.0 Å². The van der Waals surface area contributed by atoms with Crippen LogP contribution in [0.2, 0.25) is 0 Å². The van der Waals surface area contributed by atoms with Gasteiger partial charge in [-0.15, -0.1) is 0 Å². The van der Waals surface area contributed by atoms with Crippen LogP contribution in [0.3, 0.4) is 0 Å². The lowest BCUT2D eigenvalue weighted by molar-refractivity contribution is 0.0181. The number of carbonyl (C=O) groups is 1. The molecule has 1 amide bonds. The maximum Gasteiger partial charge on any atom is 0.407 e. The number of carbonyl (C=O) groups excluding carboxylic acids is 1. The van der Waals surface area contributed by atoms with Crippen molar-refractivity contribution in [3.8, 4) is 0 Å². The molecule has 3 rings (SSSR count). The Morgan fingerprint density at radius 2 is 1.89 bits per heavy atom. The molecule has 0 bridgehead atoms. The lowest BCUT2D eigenvalue weighted by atomic mass is 9.97. The average molecular weight is 366 g/mol. The minimum atomic E-state index is -1.17. The van der Waals surface area contributed by atoms with Crippen molar-refractivity contribution in [3.63, 3.8) is 0 Å². The van der Waals surface area contributed by atoms with Crippen LogP contribution in [-0.2, 0) is 11.3 Å². The number of nitrogens with one attached hydrogen (secondary N) is 1. The molecule has 3 aromatic rings. The van der Waals surface area contributed by atoms with E-state index in [1.165, 1.54) is 0 Å². The van der Waals surface area contributed by atoms with E-state index in [2.05, 4.69) is 10.3 Å². The molecule has 0 fully saturated rings. The summed E-state index contributed by atoms with van der Waals surface area (Å²) in [6.45, 7) is 1.86. The number of benzene rings is 2. The van der Waals surface area contributed by atoms with E-state index < -0.39 is 18.3 Å². The second-order valence-corrected chi connectivity index (χ2v) is 6.31. The van der Waals surface area contributed by atoms with Gasteiger partial charge >= 0.3 is 6.09 Å². The van der Waals surface area contributed by atoms with Gasteiger partial charge in [0.1, 0.15) is 18.8 Å². The van der Waals surface area contributed by atoms with Gasteiger partial charge in [0.15, 0.2) is 0 Å². The topological polar surface area (TPSA) is 91.7 Å². The normalized spacial score (nSPS) is 13.1. The van der Waals surface area contributed by atoms with Crippen LogP contribution in [-0.4, -0.2) is 33.9 Å². The summed E-state index contributed by atoms with van der Waals surface area (Å²) in [6.07, 6.45) is -1.28. The van der Waals surface area contributed by atoms with Crippen molar-refractivity contribution >= 4 is 17.0 Å². The van der Waals surface area contributed by atoms with Crippen LogP contribution < -0.4 is 5.32 Å². The lowest BCUT2D eigenvalue weighted by Gasteiger charge is -2.21. The van der Waals surface area contributed by atoms with Crippen molar-refractivity contribution in [1.29, 1.82) is 0 Å². The Kier molecular flexibility index (Phi) is 6.01. The Balaban J connectivity index is 1.57. The molecule has 0 radical (unpaired) electrons. The molecule has 3 N–H and O–H groups in total. The summed E-state index contributed by atoms with van der Waals surface area (Å²) in [7, 11) is 0. The molecular formula is C21H22N2O4. The Morgan fingerprint density at radius 3 is 2.67 bits per heavy atom. The summed E-state index contributed by atoms with van der Waals surface area (Å²) in [4.78, 5) is 16.1. The summed E-state index contributed by atoms with van der Waals surface area (Å²) in [6, 6.07) is 16.7. The quantitative estimate of drug-likeness (QED) is 0.624. The van der Waals surface area contributed by atoms with Crippen molar-refractivity contribution in [2.45, 2.75) is 25.7 Å². The van der Waals surface area contributed by atoms with Crippen molar-refractivity contribution in [3.05, 3.63) is 77.5 Å². The summed E-state index contributed by atoms with van der Waals surface area (Å²) in [5.41, 5.74) is 3.02. The Hall–Kier alpha value is -2.96. The zero-order valence-corrected chi connectivity index (χ0v) is 15.0.